The Kier molecular flexibility index (Phi) is 8.08. The molecule has 4 saturated heterocycles. The van der Waals surface area contributed by atoms with Gasteiger partial charge in [-0.25, -0.2) is 9.37 Å². The minimum absolute atomic E-state index is 0.00192. The Morgan fingerprint density at radius 1 is 0.915 bits per heavy atom. The van der Waals surface area contributed by atoms with Gasteiger partial charge in [0.2, 0.25) is 5.91 Å². The number of hydrogen-bond acceptors (Lipinski definition) is 8. The molecule has 0 radical (unpaired) electrons. The van der Waals surface area contributed by atoms with Crippen molar-refractivity contribution in [1.29, 1.82) is 0 Å². The predicted molar refractivity (Wildman–Crippen MR) is 171 cm³/mol. The van der Waals surface area contributed by atoms with Crippen LogP contribution in [0.25, 0.3) is 33.4 Å². The summed E-state index contributed by atoms with van der Waals surface area (Å²) in [4.78, 5) is 18.2. The van der Waals surface area contributed by atoms with Gasteiger partial charge in [-0.05, 0) is 42.5 Å². The molecule has 1 amide bonds. The second kappa shape index (κ2) is 12.5. The van der Waals surface area contributed by atoms with Gasteiger partial charge in [-0.2, -0.15) is 0 Å². The molecule has 246 valence electrons. The van der Waals surface area contributed by atoms with Gasteiger partial charge in [0.05, 0.1) is 30.8 Å². The molecule has 0 bridgehead atoms. The Morgan fingerprint density at radius 2 is 1.66 bits per heavy atom. The molecule has 2 aromatic carbocycles. The first-order valence-corrected chi connectivity index (χ1v) is 16.5. The van der Waals surface area contributed by atoms with Crippen molar-refractivity contribution >= 4 is 16.9 Å². The number of aromatic nitrogens is 2. The molecule has 6 heterocycles. The summed E-state index contributed by atoms with van der Waals surface area (Å²) >= 11 is 0. The van der Waals surface area contributed by atoms with Crippen molar-refractivity contribution in [1.82, 2.24) is 14.5 Å². The Hall–Kier alpha value is -4.03. The fourth-order valence-corrected chi connectivity index (χ4v) is 7.16. The van der Waals surface area contributed by atoms with Crippen LogP contribution in [0, 0.1) is 5.82 Å². The number of amides is 1. The van der Waals surface area contributed by atoms with E-state index in [-0.39, 0.29) is 43.3 Å². The number of aliphatic hydroxyl groups excluding tert-OH is 1. The van der Waals surface area contributed by atoms with Crippen LogP contribution < -0.4 is 9.47 Å². The van der Waals surface area contributed by atoms with Crippen LogP contribution in [0.2, 0.25) is 0 Å². The zero-order valence-electron chi connectivity index (χ0n) is 26.2. The highest BCUT2D eigenvalue weighted by Crippen LogP contribution is 2.38. The van der Waals surface area contributed by atoms with Crippen molar-refractivity contribution in [2.24, 2.45) is 0 Å². The number of rotatable bonds is 7. The van der Waals surface area contributed by atoms with E-state index in [0.29, 0.717) is 35.6 Å². The molecule has 0 saturated carbocycles. The fraction of sp³-hybridized carbons (Fsp3) is 0.444. The fourth-order valence-electron chi connectivity index (χ4n) is 7.16. The number of ether oxygens (including phenoxy) is 5. The second-order valence-corrected chi connectivity index (χ2v) is 12.8. The number of hydrogen-bond donors (Lipinski definition) is 1. The quantitative estimate of drug-likeness (QED) is 0.296. The number of halogens is 1. The smallest absolute Gasteiger partial charge is 0.219 e. The number of carbonyl (C=O) groups excluding carboxylic acids is 1. The number of benzene rings is 2. The van der Waals surface area contributed by atoms with E-state index in [1.165, 1.54) is 6.07 Å². The van der Waals surface area contributed by atoms with Gasteiger partial charge in [0.25, 0.3) is 0 Å². The van der Waals surface area contributed by atoms with Gasteiger partial charge in [0.15, 0.2) is 17.8 Å². The standard InChI is InChI=1S/C36H38FN3O7/c1-21(41)39-14-13-26(18-39)46-25-11-9-23(10-12-25)22-5-7-24(8-6-22)34-27(37)16-29-28(38-34)17-33(40(29)32-4-2-3-15-43-32)47-31-20-45-35-30(42)19-44-36(31)35/h5-12,16-17,26,30-32,35-36,42H,2-4,13-15,18-20H2,1H3/t26?,30-,31-,32?,35-,36-/m1/s1. The molecule has 2 aromatic heterocycles. The number of aliphatic hydroxyl groups is 1. The molecule has 4 fully saturated rings. The first-order valence-electron chi connectivity index (χ1n) is 16.5. The average Bonchev–Trinajstić information content (AvgIpc) is 3.88. The van der Waals surface area contributed by atoms with Crippen molar-refractivity contribution in [3.8, 4) is 34.0 Å². The van der Waals surface area contributed by atoms with Crippen LogP contribution in [0.15, 0.2) is 60.7 Å². The zero-order valence-corrected chi connectivity index (χ0v) is 26.2. The summed E-state index contributed by atoms with van der Waals surface area (Å²) in [5.74, 6) is 0.922. The number of carbonyl (C=O) groups is 1. The Labute approximate surface area is 271 Å². The lowest BCUT2D eigenvalue weighted by molar-refractivity contribution is -0.128. The maximum atomic E-state index is 15.8. The van der Waals surface area contributed by atoms with Gasteiger partial charge in [0, 0.05) is 44.2 Å². The number of nitrogens with zero attached hydrogens (tertiary/aromatic N) is 3. The lowest BCUT2D eigenvalue weighted by atomic mass is 10.0. The minimum atomic E-state index is -0.679. The van der Waals surface area contributed by atoms with Crippen LogP contribution in [-0.2, 0) is 19.0 Å². The SMILES string of the molecule is CC(=O)N1CCC(Oc2ccc(-c3ccc(-c4nc5cc(O[C@@H]6CO[C@H]7[C@@H]6OC[C@H]7O)n(C6CCCCO6)c5cc4F)cc3)cc2)C1. The molecule has 4 aliphatic heterocycles. The molecule has 8 rings (SSSR count). The number of pyridine rings is 1. The summed E-state index contributed by atoms with van der Waals surface area (Å²) in [6.07, 6.45) is 1.37. The molecule has 6 atom stereocenters. The molecule has 4 aliphatic rings. The summed E-state index contributed by atoms with van der Waals surface area (Å²) in [5, 5.41) is 10.2. The van der Waals surface area contributed by atoms with Crippen LogP contribution in [0.1, 0.15) is 38.8 Å². The highest BCUT2D eigenvalue weighted by atomic mass is 19.1. The van der Waals surface area contributed by atoms with Gasteiger partial charge < -0.3 is 33.7 Å². The van der Waals surface area contributed by atoms with Crippen LogP contribution >= 0.6 is 0 Å². The third-order valence-electron chi connectivity index (χ3n) is 9.68. The van der Waals surface area contributed by atoms with E-state index in [4.69, 9.17) is 28.7 Å². The average molecular weight is 644 g/mol. The number of fused-ring (bicyclic) bond motifs is 2. The Morgan fingerprint density at radius 3 is 2.38 bits per heavy atom. The first-order chi connectivity index (χ1) is 22.9. The third kappa shape index (κ3) is 5.86. The maximum Gasteiger partial charge on any atom is 0.219 e. The molecule has 2 unspecified atom stereocenters. The van der Waals surface area contributed by atoms with E-state index < -0.39 is 24.1 Å². The van der Waals surface area contributed by atoms with Gasteiger partial charge in [-0.15, -0.1) is 0 Å². The second-order valence-electron chi connectivity index (χ2n) is 12.8. The molecule has 0 spiro atoms. The van der Waals surface area contributed by atoms with Crippen LogP contribution in [0.4, 0.5) is 4.39 Å². The monoisotopic (exact) mass is 643 g/mol. The number of likely N-dealkylation sites (tertiary alicyclic amines) is 1. The maximum absolute atomic E-state index is 15.8. The van der Waals surface area contributed by atoms with E-state index in [2.05, 4.69) is 0 Å². The molecule has 10 nitrogen and oxygen atoms in total. The van der Waals surface area contributed by atoms with Crippen molar-refractivity contribution in [2.45, 2.75) is 69.4 Å². The topological polar surface area (TPSA) is 105 Å². The molecule has 0 aliphatic carbocycles. The predicted octanol–water partition coefficient (Wildman–Crippen LogP) is 5.11. The Bertz CT molecular complexity index is 1760. The van der Waals surface area contributed by atoms with Crippen LogP contribution in [0.5, 0.6) is 11.6 Å². The zero-order chi connectivity index (χ0) is 32.1. The summed E-state index contributed by atoms with van der Waals surface area (Å²) in [5.41, 5.74) is 4.10. The van der Waals surface area contributed by atoms with Gasteiger partial charge in [0.1, 0.15) is 42.1 Å². The lowest BCUT2D eigenvalue weighted by Crippen LogP contribution is -2.35. The van der Waals surface area contributed by atoms with E-state index in [0.717, 1.165) is 49.1 Å². The third-order valence-corrected chi connectivity index (χ3v) is 9.68. The largest absolute Gasteiger partial charge is 0.489 e. The van der Waals surface area contributed by atoms with Crippen LogP contribution in [-0.4, -0.2) is 88.9 Å². The first kappa shape index (κ1) is 30.3. The van der Waals surface area contributed by atoms with Crippen LogP contribution in [0.3, 0.4) is 0 Å². The van der Waals surface area contributed by atoms with Gasteiger partial charge >= 0.3 is 0 Å². The van der Waals surface area contributed by atoms with E-state index >= 15 is 4.39 Å². The minimum Gasteiger partial charge on any atom is -0.489 e. The van der Waals surface area contributed by atoms with Crippen molar-refractivity contribution in [2.75, 3.05) is 32.9 Å². The highest BCUT2D eigenvalue weighted by Gasteiger charge is 2.49. The van der Waals surface area contributed by atoms with Crippen molar-refractivity contribution in [3.63, 3.8) is 0 Å². The summed E-state index contributed by atoms with van der Waals surface area (Å²) in [6.45, 7) is 4.03. The van der Waals surface area contributed by atoms with Gasteiger partial charge in [-0.3, -0.25) is 9.36 Å². The normalized spacial score (nSPS) is 27.3. The van der Waals surface area contributed by atoms with Crippen molar-refractivity contribution in [3.05, 3.63) is 66.5 Å². The molecule has 4 aromatic rings. The molecular formula is C36H38FN3O7. The lowest BCUT2D eigenvalue weighted by Gasteiger charge is -2.27. The van der Waals surface area contributed by atoms with E-state index in [1.54, 1.807) is 6.92 Å². The summed E-state index contributed by atoms with van der Waals surface area (Å²) in [7, 11) is 0. The Balaban J connectivity index is 1.03. The summed E-state index contributed by atoms with van der Waals surface area (Å²) < 4.78 is 47.9. The van der Waals surface area contributed by atoms with E-state index in [9.17, 15) is 9.90 Å². The van der Waals surface area contributed by atoms with E-state index in [1.807, 2.05) is 64.1 Å². The molecule has 47 heavy (non-hydrogen) atoms. The van der Waals surface area contributed by atoms with Crippen molar-refractivity contribution < 1.29 is 38.0 Å². The molecular weight excluding hydrogens is 605 g/mol. The van der Waals surface area contributed by atoms with Gasteiger partial charge in [-0.1, -0.05) is 36.4 Å². The highest BCUT2D eigenvalue weighted by molar-refractivity contribution is 5.82. The summed E-state index contributed by atoms with van der Waals surface area (Å²) in [6, 6.07) is 18.9. The molecule has 11 heteroatoms. The molecule has 1 N–H and O–H groups in total.